The lowest BCUT2D eigenvalue weighted by Gasteiger charge is -2.32. The topological polar surface area (TPSA) is 106 Å². The largest absolute Gasteiger partial charge is 0.394 e. The zero-order valence-corrected chi connectivity index (χ0v) is 14.6. The molecule has 0 saturated carbocycles. The predicted molar refractivity (Wildman–Crippen MR) is 96.9 cm³/mol. The van der Waals surface area contributed by atoms with Gasteiger partial charge in [-0.25, -0.2) is 10.4 Å². The van der Waals surface area contributed by atoms with Gasteiger partial charge in [0.15, 0.2) is 5.17 Å². The lowest BCUT2D eigenvalue weighted by molar-refractivity contribution is -0.121. The normalized spacial score (nSPS) is 23.8. The fraction of sp³-hybridized carbons (Fsp3) is 0.438. The maximum Gasteiger partial charge on any atom is 0.241 e. The van der Waals surface area contributed by atoms with Crippen LogP contribution in [0.5, 0.6) is 0 Å². The number of amides is 2. The number of para-hydroxylation sites is 1. The van der Waals surface area contributed by atoms with E-state index < -0.39 is 0 Å². The smallest absolute Gasteiger partial charge is 0.241 e. The summed E-state index contributed by atoms with van der Waals surface area (Å²) in [5.41, 5.74) is 6.68. The Morgan fingerprint density at radius 1 is 1.48 bits per heavy atom. The third kappa shape index (κ3) is 4.01. The van der Waals surface area contributed by atoms with Crippen LogP contribution >= 0.6 is 11.8 Å². The molecule has 0 spiro atoms. The standard InChI is InChI=1S/C16H21N5O3S/c1-10(8-22)18-13(23)9-25-16-19-14-12(7-17-20-14)15(24)21(16)11-5-3-2-4-6-11/h2-6,10,12,14,17,20,22H,7-9H2,1H3,(H,18,23). The van der Waals surface area contributed by atoms with Crippen LogP contribution in [0.3, 0.4) is 0 Å². The van der Waals surface area contributed by atoms with Crippen molar-refractivity contribution >= 4 is 34.4 Å². The molecule has 134 valence electrons. The number of amidine groups is 1. The summed E-state index contributed by atoms with van der Waals surface area (Å²) in [5, 5.41) is 12.2. The van der Waals surface area contributed by atoms with Crippen molar-refractivity contribution < 1.29 is 14.7 Å². The number of nitrogens with one attached hydrogen (secondary N) is 3. The van der Waals surface area contributed by atoms with Gasteiger partial charge in [0.25, 0.3) is 0 Å². The minimum absolute atomic E-state index is 0.0460. The monoisotopic (exact) mass is 363 g/mol. The highest BCUT2D eigenvalue weighted by atomic mass is 32.2. The zero-order chi connectivity index (χ0) is 17.8. The molecule has 9 heteroatoms. The van der Waals surface area contributed by atoms with Crippen molar-refractivity contribution in [2.75, 3.05) is 23.8 Å². The zero-order valence-electron chi connectivity index (χ0n) is 13.8. The summed E-state index contributed by atoms with van der Waals surface area (Å²) in [5.74, 6) is -0.414. The molecule has 0 aliphatic carbocycles. The first-order chi connectivity index (χ1) is 12.1. The Balaban J connectivity index is 1.78. The van der Waals surface area contributed by atoms with Crippen molar-refractivity contribution in [2.45, 2.75) is 19.1 Å². The number of aliphatic hydroxyl groups is 1. The van der Waals surface area contributed by atoms with E-state index in [1.165, 1.54) is 11.8 Å². The molecule has 3 unspecified atom stereocenters. The van der Waals surface area contributed by atoms with Gasteiger partial charge in [-0.05, 0) is 19.1 Å². The van der Waals surface area contributed by atoms with Gasteiger partial charge in [-0.3, -0.25) is 19.9 Å². The molecule has 2 heterocycles. The summed E-state index contributed by atoms with van der Waals surface area (Å²) in [6.07, 6.45) is -0.325. The second kappa shape index (κ2) is 7.96. The number of benzene rings is 1. The van der Waals surface area contributed by atoms with E-state index in [4.69, 9.17) is 5.11 Å². The molecule has 1 aromatic rings. The lowest BCUT2D eigenvalue weighted by Crippen LogP contribution is -2.49. The van der Waals surface area contributed by atoms with E-state index in [2.05, 4.69) is 21.2 Å². The molecule has 4 N–H and O–H groups in total. The summed E-state index contributed by atoms with van der Waals surface area (Å²) in [4.78, 5) is 31.1. The number of carbonyl (C=O) groups excluding carboxylic acids is 2. The van der Waals surface area contributed by atoms with Crippen LogP contribution in [0.25, 0.3) is 0 Å². The van der Waals surface area contributed by atoms with Gasteiger partial charge in [0.1, 0.15) is 6.17 Å². The van der Waals surface area contributed by atoms with Crippen molar-refractivity contribution in [1.82, 2.24) is 16.2 Å². The molecule has 2 amide bonds. The van der Waals surface area contributed by atoms with Gasteiger partial charge in [-0.1, -0.05) is 30.0 Å². The van der Waals surface area contributed by atoms with E-state index in [9.17, 15) is 9.59 Å². The number of carbonyl (C=O) groups is 2. The van der Waals surface area contributed by atoms with Crippen molar-refractivity contribution in [3.8, 4) is 0 Å². The number of aliphatic hydroxyl groups excluding tert-OH is 1. The van der Waals surface area contributed by atoms with Crippen molar-refractivity contribution in [3.63, 3.8) is 0 Å². The molecule has 0 bridgehead atoms. The van der Waals surface area contributed by atoms with Crippen LogP contribution in [0.4, 0.5) is 5.69 Å². The minimum Gasteiger partial charge on any atom is -0.394 e. The molecule has 8 nitrogen and oxygen atoms in total. The summed E-state index contributed by atoms with van der Waals surface area (Å²) < 4.78 is 0. The highest BCUT2D eigenvalue weighted by Crippen LogP contribution is 2.28. The number of aliphatic imine (C=N–C) groups is 1. The highest BCUT2D eigenvalue weighted by molar-refractivity contribution is 8.14. The van der Waals surface area contributed by atoms with E-state index >= 15 is 0 Å². The molecule has 1 saturated heterocycles. The number of anilines is 1. The predicted octanol–water partition coefficient (Wildman–Crippen LogP) is -0.330. The molecule has 3 rings (SSSR count). The van der Waals surface area contributed by atoms with Crippen LogP contribution in [0.1, 0.15) is 6.92 Å². The summed E-state index contributed by atoms with van der Waals surface area (Å²) >= 11 is 1.21. The molecule has 2 aliphatic rings. The molecule has 0 radical (unpaired) electrons. The van der Waals surface area contributed by atoms with Crippen LogP contribution in [-0.4, -0.2) is 53.2 Å². The number of fused-ring (bicyclic) bond motifs is 1. The van der Waals surface area contributed by atoms with Crippen LogP contribution < -0.4 is 21.1 Å². The van der Waals surface area contributed by atoms with Gasteiger partial charge < -0.3 is 10.4 Å². The Hall–Kier alpha value is -1.94. The maximum absolute atomic E-state index is 12.9. The number of hydrogen-bond donors (Lipinski definition) is 4. The minimum atomic E-state index is -0.325. The molecule has 25 heavy (non-hydrogen) atoms. The quantitative estimate of drug-likeness (QED) is 0.571. The first kappa shape index (κ1) is 17.9. The van der Waals surface area contributed by atoms with Gasteiger partial charge in [0.05, 0.1) is 24.0 Å². The average molecular weight is 363 g/mol. The van der Waals surface area contributed by atoms with E-state index in [-0.39, 0.29) is 42.3 Å². The number of hydrogen-bond acceptors (Lipinski definition) is 7. The Morgan fingerprint density at radius 2 is 2.24 bits per heavy atom. The molecular weight excluding hydrogens is 342 g/mol. The number of hydrazine groups is 1. The first-order valence-electron chi connectivity index (χ1n) is 8.08. The van der Waals surface area contributed by atoms with E-state index in [0.29, 0.717) is 11.7 Å². The SMILES string of the molecule is CC(CO)NC(=O)CSC1=NC2NNCC2C(=O)N1c1ccccc1. The Labute approximate surface area is 150 Å². The van der Waals surface area contributed by atoms with Crippen molar-refractivity contribution in [1.29, 1.82) is 0 Å². The number of thioether (sulfide) groups is 1. The molecule has 2 aliphatic heterocycles. The second-order valence-corrected chi connectivity index (χ2v) is 6.88. The van der Waals surface area contributed by atoms with Crippen molar-refractivity contribution in [2.24, 2.45) is 10.9 Å². The maximum atomic E-state index is 12.9. The highest BCUT2D eigenvalue weighted by Gasteiger charge is 2.42. The molecular formula is C16H21N5O3S. The van der Waals surface area contributed by atoms with Crippen LogP contribution in [0.15, 0.2) is 35.3 Å². The summed E-state index contributed by atoms with van der Waals surface area (Å²) in [7, 11) is 0. The summed E-state index contributed by atoms with van der Waals surface area (Å²) in [6.45, 7) is 2.12. The van der Waals surface area contributed by atoms with E-state index in [0.717, 1.165) is 5.69 Å². The fourth-order valence-electron chi connectivity index (χ4n) is 2.68. The van der Waals surface area contributed by atoms with Gasteiger partial charge in [-0.2, -0.15) is 0 Å². The number of nitrogens with zero attached hydrogens (tertiary/aromatic N) is 2. The molecule has 0 aromatic heterocycles. The second-order valence-electron chi connectivity index (χ2n) is 5.94. The van der Waals surface area contributed by atoms with Crippen LogP contribution in [-0.2, 0) is 9.59 Å². The first-order valence-corrected chi connectivity index (χ1v) is 9.07. The van der Waals surface area contributed by atoms with Gasteiger partial charge in [-0.15, -0.1) is 0 Å². The van der Waals surface area contributed by atoms with Gasteiger partial charge in [0.2, 0.25) is 11.8 Å². The van der Waals surface area contributed by atoms with Crippen LogP contribution in [0, 0.1) is 5.92 Å². The van der Waals surface area contributed by atoms with Crippen molar-refractivity contribution in [3.05, 3.63) is 30.3 Å². The van der Waals surface area contributed by atoms with Gasteiger partial charge >= 0.3 is 0 Å². The Bertz CT molecular complexity index is 669. The van der Waals surface area contributed by atoms with E-state index in [1.54, 1.807) is 11.8 Å². The van der Waals surface area contributed by atoms with Crippen LogP contribution in [0.2, 0.25) is 0 Å². The third-order valence-corrected chi connectivity index (χ3v) is 4.91. The summed E-state index contributed by atoms with van der Waals surface area (Å²) in [6, 6.07) is 8.98. The fourth-order valence-corrected chi connectivity index (χ4v) is 3.53. The molecule has 1 fully saturated rings. The number of rotatable bonds is 5. The molecule has 1 aromatic carbocycles. The Kier molecular flexibility index (Phi) is 5.69. The third-order valence-electron chi connectivity index (χ3n) is 3.96. The molecule has 3 atom stereocenters. The average Bonchev–Trinajstić information content (AvgIpc) is 3.09. The van der Waals surface area contributed by atoms with Gasteiger partial charge in [0, 0.05) is 12.6 Å². The van der Waals surface area contributed by atoms with E-state index in [1.807, 2.05) is 30.3 Å². The Morgan fingerprint density at radius 3 is 2.96 bits per heavy atom. The lowest BCUT2D eigenvalue weighted by atomic mass is 10.1.